The van der Waals surface area contributed by atoms with Gasteiger partial charge in [-0.25, -0.2) is 0 Å². The number of aliphatic hydroxyl groups is 1. The number of hydrogen-bond donors (Lipinski definition) is 1. The number of unbranched alkanes of at least 4 members (excludes halogenated alkanes) is 8. The third-order valence-corrected chi connectivity index (χ3v) is 6.76. The summed E-state index contributed by atoms with van der Waals surface area (Å²) in [6.45, 7) is 9.84. The summed E-state index contributed by atoms with van der Waals surface area (Å²) in [5.74, 6) is 0.103. The second kappa shape index (κ2) is 23.3. The van der Waals surface area contributed by atoms with E-state index in [0.29, 0.717) is 31.1 Å². The smallest absolute Gasteiger partial charge is 0.305 e. The number of carbonyl (C=O) groups is 3. The zero-order valence-corrected chi connectivity index (χ0v) is 25.2. The minimum Gasteiger partial charge on any atom is -0.465 e. The molecule has 1 N–H and O–H groups in total. The highest BCUT2D eigenvalue weighted by Crippen LogP contribution is 2.21. The van der Waals surface area contributed by atoms with Crippen LogP contribution in [0.3, 0.4) is 0 Å². The molecule has 224 valence electrons. The van der Waals surface area contributed by atoms with Crippen LogP contribution in [0.4, 0.5) is 0 Å². The van der Waals surface area contributed by atoms with Crippen LogP contribution in [0, 0.1) is 17.3 Å². The minimum absolute atomic E-state index is 0.167. The summed E-state index contributed by atoms with van der Waals surface area (Å²) in [5.41, 5.74) is -1.17. The van der Waals surface area contributed by atoms with Crippen LogP contribution < -0.4 is 0 Å². The molecule has 0 unspecified atom stereocenters. The van der Waals surface area contributed by atoms with Crippen molar-refractivity contribution in [2.24, 2.45) is 17.3 Å². The maximum Gasteiger partial charge on any atom is 0.305 e. The van der Waals surface area contributed by atoms with Gasteiger partial charge in [0.1, 0.15) is 19.8 Å². The molecule has 0 atom stereocenters. The minimum atomic E-state index is -1.17. The molecule has 0 aromatic carbocycles. The molecule has 0 aliphatic carbocycles. The summed E-state index contributed by atoms with van der Waals surface area (Å²) in [5, 5.41) is 10.2. The van der Waals surface area contributed by atoms with Crippen LogP contribution in [0.25, 0.3) is 0 Å². The van der Waals surface area contributed by atoms with Crippen LogP contribution in [0.5, 0.6) is 0 Å². The molecule has 0 aliphatic rings. The highest BCUT2D eigenvalue weighted by atomic mass is 16.6. The average molecular weight is 543 g/mol. The van der Waals surface area contributed by atoms with Crippen LogP contribution in [-0.4, -0.2) is 49.4 Å². The van der Waals surface area contributed by atoms with Crippen molar-refractivity contribution in [1.82, 2.24) is 0 Å². The van der Waals surface area contributed by atoms with Gasteiger partial charge in [-0.3, -0.25) is 14.4 Å². The van der Waals surface area contributed by atoms with E-state index in [2.05, 4.69) is 34.6 Å². The highest BCUT2D eigenvalue weighted by molar-refractivity contribution is 5.70. The first kappa shape index (κ1) is 36.4. The van der Waals surface area contributed by atoms with E-state index in [1.807, 2.05) is 0 Å². The fraction of sp³-hybridized carbons (Fsp3) is 0.903. The largest absolute Gasteiger partial charge is 0.465 e. The Labute approximate surface area is 232 Å². The lowest BCUT2D eigenvalue weighted by molar-refractivity contribution is -0.165. The molecule has 0 spiro atoms. The topological polar surface area (TPSA) is 99.1 Å². The molecule has 7 nitrogen and oxygen atoms in total. The number of carbonyl (C=O) groups excluding carboxylic acids is 3. The predicted molar refractivity (Wildman–Crippen MR) is 152 cm³/mol. The van der Waals surface area contributed by atoms with Crippen LogP contribution >= 0.6 is 0 Å². The van der Waals surface area contributed by atoms with E-state index < -0.39 is 12.0 Å². The summed E-state index contributed by atoms with van der Waals surface area (Å²) >= 11 is 0. The number of rotatable bonds is 25. The molecule has 0 rings (SSSR count). The van der Waals surface area contributed by atoms with E-state index in [1.165, 1.54) is 25.7 Å². The Bertz CT molecular complexity index is 583. The normalized spacial score (nSPS) is 11.7. The van der Waals surface area contributed by atoms with Crippen molar-refractivity contribution in [2.45, 2.75) is 137 Å². The molecule has 0 aliphatic heterocycles. The van der Waals surface area contributed by atoms with Crippen molar-refractivity contribution < 1.29 is 33.7 Å². The van der Waals surface area contributed by atoms with Gasteiger partial charge in [0.25, 0.3) is 0 Å². The zero-order valence-electron chi connectivity index (χ0n) is 25.2. The molecule has 0 radical (unpaired) electrons. The van der Waals surface area contributed by atoms with Crippen LogP contribution in [-0.2, 0) is 28.6 Å². The van der Waals surface area contributed by atoms with Gasteiger partial charge in [-0.1, -0.05) is 98.8 Å². The van der Waals surface area contributed by atoms with Crippen LogP contribution in [0.2, 0.25) is 0 Å². The maximum absolute atomic E-state index is 12.4. The van der Waals surface area contributed by atoms with Crippen LogP contribution in [0.1, 0.15) is 137 Å². The first-order valence-corrected chi connectivity index (χ1v) is 15.2. The lowest BCUT2D eigenvalue weighted by Gasteiger charge is -2.30. The first-order chi connectivity index (χ1) is 18.1. The SMILES string of the molecule is CCCCCCCCCC(=O)OCC(CO)(COC(=O)CCCCC(C)C)COC(=O)CCCCC(C)C. The third kappa shape index (κ3) is 21.3. The quantitative estimate of drug-likeness (QED) is 0.0741. The molecule has 0 aromatic heterocycles. The Morgan fingerprint density at radius 2 is 0.921 bits per heavy atom. The maximum atomic E-state index is 12.4. The monoisotopic (exact) mass is 542 g/mol. The van der Waals surface area contributed by atoms with Gasteiger partial charge in [-0.15, -0.1) is 0 Å². The molecular formula is C31H58O7. The molecule has 0 aromatic rings. The molecule has 0 saturated carbocycles. The van der Waals surface area contributed by atoms with E-state index in [0.717, 1.165) is 57.8 Å². The summed E-state index contributed by atoms with van der Waals surface area (Å²) in [6, 6.07) is 0. The Hall–Kier alpha value is -1.63. The van der Waals surface area contributed by atoms with Gasteiger partial charge in [0, 0.05) is 19.3 Å². The molecule has 0 heterocycles. The average Bonchev–Trinajstić information content (AvgIpc) is 2.88. The highest BCUT2D eigenvalue weighted by Gasteiger charge is 2.35. The zero-order chi connectivity index (χ0) is 28.7. The molecule has 0 saturated heterocycles. The summed E-state index contributed by atoms with van der Waals surface area (Å²) in [6.07, 6.45) is 14.1. The van der Waals surface area contributed by atoms with Gasteiger partial charge in [0.15, 0.2) is 0 Å². The number of esters is 3. The number of hydrogen-bond acceptors (Lipinski definition) is 7. The second-order valence-corrected chi connectivity index (χ2v) is 11.8. The van der Waals surface area contributed by atoms with Gasteiger partial charge in [-0.05, 0) is 31.1 Å². The molecule has 0 amide bonds. The standard InChI is InChI=1S/C31H58O7/c1-6-7-8-9-10-11-12-19-28(33)36-23-31(22-32,24-37-29(34)20-15-13-17-26(2)3)25-38-30(35)21-16-14-18-27(4)5/h26-27,32H,6-25H2,1-5H3. The van der Waals surface area contributed by atoms with E-state index in [9.17, 15) is 19.5 Å². The summed E-state index contributed by atoms with van der Waals surface area (Å²) < 4.78 is 16.4. The van der Waals surface area contributed by atoms with Crippen molar-refractivity contribution in [3.8, 4) is 0 Å². The van der Waals surface area contributed by atoms with Crippen molar-refractivity contribution in [1.29, 1.82) is 0 Å². The molecule has 0 bridgehead atoms. The van der Waals surface area contributed by atoms with Gasteiger partial charge < -0.3 is 19.3 Å². The Balaban J connectivity index is 4.77. The molecule has 0 fully saturated rings. The van der Waals surface area contributed by atoms with Crippen molar-refractivity contribution in [2.75, 3.05) is 26.4 Å². The van der Waals surface area contributed by atoms with E-state index in [1.54, 1.807) is 0 Å². The van der Waals surface area contributed by atoms with E-state index in [-0.39, 0.29) is 37.7 Å². The number of ether oxygens (including phenoxy) is 3. The summed E-state index contributed by atoms with van der Waals surface area (Å²) in [4.78, 5) is 37.0. The van der Waals surface area contributed by atoms with Gasteiger partial charge in [-0.2, -0.15) is 0 Å². The van der Waals surface area contributed by atoms with Gasteiger partial charge in [0.2, 0.25) is 0 Å². The predicted octanol–water partition coefficient (Wildman–Crippen LogP) is 7.17. The Morgan fingerprint density at radius 1 is 0.579 bits per heavy atom. The van der Waals surface area contributed by atoms with Crippen molar-refractivity contribution in [3.05, 3.63) is 0 Å². The Kier molecular flexibility index (Phi) is 22.3. The molecular weight excluding hydrogens is 484 g/mol. The first-order valence-electron chi connectivity index (χ1n) is 15.2. The Morgan fingerprint density at radius 3 is 1.26 bits per heavy atom. The van der Waals surface area contributed by atoms with Crippen molar-refractivity contribution >= 4 is 17.9 Å². The van der Waals surface area contributed by atoms with Crippen LogP contribution in [0.15, 0.2) is 0 Å². The number of aliphatic hydroxyl groups excluding tert-OH is 1. The molecule has 38 heavy (non-hydrogen) atoms. The fourth-order valence-corrected chi connectivity index (χ4v) is 4.05. The summed E-state index contributed by atoms with van der Waals surface area (Å²) in [7, 11) is 0. The van der Waals surface area contributed by atoms with Crippen molar-refractivity contribution in [3.63, 3.8) is 0 Å². The lowest BCUT2D eigenvalue weighted by Crippen LogP contribution is -2.42. The lowest BCUT2D eigenvalue weighted by atomic mass is 9.92. The third-order valence-electron chi connectivity index (χ3n) is 6.76. The fourth-order valence-electron chi connectivity index (χ4n) is 4.05. The molecule has 7 heteroatoms. The van der Waals surface area contributed by atoms with Gasteiger partial charge in [0.05, 0.1) is 12.0 Å². The van der Waals surface area contributed by atoms with E-state index >= 15 is 0 Å². The van der Waals surface area contributed by atoms with E-state index in [4.69, 9.17) is 14.2 Å². The second-order valence-electron chi connectivity index (χ2n) is 11.8. The van der Waals surface area contributed by atoms with Gasteiger partial charge >= 0.3 is 17.9 Å².